The molecule has 0 saturated heterocycles. The first-order chi connectivity index (χ1) is 21.8. The Hall–Kier alpha value is 2.15. The van der Waals surface area contributed by atoms with Gasteiger partial charge in [-0.05, 0) is 143 Å². The smallest absolute Gasteiger partial charge is 0.0313 e. The van der Waals surface area contributed by atoms with Gasteiger partial charge in [-0.15, -0.1) is 0 Å². The molecule has 5 fully saturated rings. The quantitative estimate of drug-likeness (QED) is 0.121. The van der Waals surface area contributed by atoms with Gasteiger partial charge in [0.05, 0.1) is 0 Å². The van der Waals surface area contributed by atoms with Crippen LogP contribution in [0.1, 0.15) is 177 Å². The molecule has 5 aliphatic carbocycles. The van der Waals surface area contributed by atoms with Gasteiger partial charge >= 0.3 is 0 Å². The molecule has 4 heteroatoms. The highest BCUT2D eigenvalue weighted by atomic mass is 127. The monoisotopic (exact) mass is 973 g/mol. The van der Waals surface area contributed by atoms with E-state index >= 15 is 0 Å². The van der Waals surface area contributed by atoms with E-state index in [1.807, 2.05) is 0 Å². The van der Waals surface area contributed by atoms with E-state index in [4.69, 9.17) is 5.73 Å². The molecule has 0 heterocycles. The SMILES string of the molecule is CCC1(C)CCC1(C(C)(CCCI)[C@H](C)C1CCC1)C1(C2(C)CCCC2C(CCCI)C(C)(C)C2CCC2)CCCCC1(N)CI. The molecule has 0 aliphatic heterocycles. The first-order valence-corrected chi connectivity index (χ1v) is 24.8. The number of hydrogen-bond donors (Lipinski definition) is 1. The predicted molar refractivity (Wildman–Crippen MR) is 228 cm³/mol. The summed E-state index contributed by atoms with van der Waals surface area (Å²) in [4.78, 5) is 0. The maximum absolute atomic E-state index is 8.38. The van der Waals surface area contributed by atoms with Crippen LogP contribution in [-0.4, -0.2) is 18.8 Å². The molecular formula is C42H74I3N. The highest BCUT2D eigenvalue weighted by Crippen LogP contribution is 2.86. The molecule has 5 saturated carbocycles. The lowest BCUT2D eigenvalue weighted by atomic mass is 9.22. The Kier molecular flexibility index (Phi) is 12.7. The third kappa shape index (κ3) is 5.64. The summed E-state index contributed by atoms with van der Waals surface area (Å²) in [6.07, 6.45) is 28.4. The molecule has 5 rings (SSSR count). The van der Waals surface area contributed by atoms with E-state index in [9.17, 15) is 0 Å². The number of rotatable bonds is 16. The van der Waals surface area contributed by atoms with Gasteiger partial charge in [0.2, 0.25) is 0 Å². The molecule has 268 valence electrons. The predicted octanol–water partition coefficient (Wildman–Crippen LogP) is 14.0. The fourth-order valence-electron chi connectivity index (χ4n) is 14.9. The molecule has 0 aromatic rings. The third-order valence-corrected chi connectivity index (χ3v) is 20.9. The number of alkyl halides is 3. The summed E-state index contributed by atoms with van der Waals surface area (Å²) in [6, 6.07) is 0. The second-order valence-corrected chi connectivity index (χ2v) is 22.1. The lowest BCUT2D eigenvalue weighted by molar-refractivity contribution is -0.332. The second-order valence-electron chi connectivity index (χ2n) is 19.2. The van der Waals surface area contributed by atoms with Crippen LogP contribution in [0.25, 0.3) is 0 Å². The van der Waals surface area contributed by atoms with Gasteiger partial charge in [0.25, 0.3) is 0 Å². The zero-order chi connectivity index (χ0) is 33.7. The van der Waals surface area contributed by atoms with Crippen molar-refractivity contribution in [2.75, 3.05) is 13.3 Å². The van der Waals surface area contributed by atoms with Crippen molar-refractivity contribution in [2.24, 2.45) is 67.8 Å². The summed E-state index contributed by atoms with van der Waals surface area (Å²) in [5.74, 6) is 4.27. The molecule has 0 spiro atoms. The van der Waals surface area contributed by atoms with Crippen LogP contribution in [0, 0.1) is 62.1 Å². The summed E-state index contributed by atoms with van der Waals surface area (Å²) >= 11 is 8.20. The van der Waals surface area contributed by atoms with Crippen LogP contribution in [0.5, 0.6) is 0 Å². The molecular weight excluding hydrogens is 899 g/mol. The molecule has 46 heavy (non-hydrogen) atoms. The lowest BCUT2D eigenvalue weighted by Crippen LogP contribution is -2.81. The van der Waals surface area contributed by atoms with E-state index in [1.165, 1.54) is 137 Å². The molecule has 0 aromatic carbocycles. The van der Waals surface area contributed by atoms with Crippen molar-refractivity contribution < 1.29 is 0 Å². The van der Waals surface area contributed by atoms with Crippen molar-refractivity contribution >= 4 is 67.8 Å². The summed E-state index contributed by atoms with van der Waals surface area (Å²) in [7, 11) is 0. The van der Waals surface area contributed by atoms with Crippen molar-refractivity contribution in [3.63, 3.8) is 0 Å². The average Bonchev–Trinajstić information content (AvgIpc) is 3.36. The lowest BCUT2D eigenvalue weighted by Gasteiger charge is -2.82. The van der Waals surface area contributed by atoms with Crippen LogP contribution in [-0.2, 0) is 0 Å². The van der Waals surface area contributed by atoms with Gasteiger partial charge in [-0.2, -0.15) is 0 Å². The van der Waals surface area contributed by atoms with E-state index < -0.39 is 0 Å². The number of hydrogen-bond acceptors (Lipinski definition) is 1. The molecule has 0 radical (unpaired) electrons. The Morgan fingerprint density at radius 2 is 1.43 bits per heavy atom. The Morgan fingerprint density at radius 1 is 0.783 bits per heavy atom. The normalized spacial score (nSPS) is 41.7. The van der Waals surface area contributed by atoms with Gasteiger partial charge in [-0.3, -0.25) is 0 Å². The molecule has 9 atom stereocenters. The molecule has 2 N–H and O–H groups in total. The minimum absolute atomic E-state index is 0.0840. The molecule has 5 aliphatic rings. The largest absolute Gasteiger partial charge is 0.324 e. The van der Waals surface area contributed by atoms with Crippen molar-refractivity contribution in [1.82, 2.24) is 0 Å². The van der Waals surface area contributed by atoms with E-state index in [2.05, 4.69) is 116 Å². The van der Waals surface area contributed by atoms with Gasteiger partial charge in [0, 0.05) is 15.4 Å². The Bertz CT molecular complexity index is 1020. The first kappa shape index (κ1) is 39.4. The minimum atomic E-state index is -0.0840. The van der Waals surface area contributed by atoms with Gasteiger partial charge in [0.15, 0.2) is 0 Å². The zero-order valence-corrected chi connectivity index (χ0v) is 37.8. The summed E-state index contributed by atoms with van der Waals surface area (Å²) in [5.41, 5.74) is 10.2. The van der Waals surface area contributed by atoms with Crippen LogP contribution in [0.4, 0.5) is 0 Å². The molecule has 0 bridgehead atoms. The van der Waals surface area contributed by atoms with Gasteiger partial charge in [0.1, 0.15) is 0 Å². The van der Waals surface area contributed by atoms with E-state index in [0.717, 1.165) is 34.0 Å². The van der Waals surface area contributed by atoms with Crippen LogP contribution >= 0.6 is 67.8 Å². The molecule has 1 nitrogen and oxygen atoms in total. The van der Waals surface area contributed by atoms with Crippen LogP contribution in [0.3, 0.4) is 0 Å². The summed E-state index contributed by atoms with van der Waals surface area (Å²) < 4.78 is 3.74. The van der Waals surface area contributed by atoms with E-state index in [-0.39, 0.29) is 11.0 Å². The Labute approximate surface area is 328 Å². The average molecular weight is 974 g/mol. The highest BCUT2D eigenvalue weighted by Gasteiger charge is 2.81. The van der Waals surface area contributed by atoms with Crippen LogP contribution < -0.4 is 5.73 Å². The summed E-state index contributed by atoms with van der Waals surface area (Å²) in [5, 5.41) is 0. The third-order valence-electron chi connectivity index (χ3n) is 18.0. The van der Waals surface area contributed by atoms with E-state index in [1.54, 1.807) is 0 Å². The first-order valence-electron chi connectivity index (χ1n) is 20.2. The van der Waals surface area contributed by atoms with E-state index in [0.29, 0.717) is 27.1 Å². The van der Waals surface area contributed by atoms with Gasteiger partial charge in [-0.1, -0.05) is 168 Å². The fraction of sp³-hybridized carbons (Fsp3) is 1.00. The molecule has 0 amide bonds. The van der Waals surface area contributed by atoms with Gasteiger partial charge in [-0.25, -0.2) is 0 Å². The number of halogens is 3. The Balaban J connectivity index is 1.80. The highest BCUT2D eigenvalue weighted by molar-refractivity contribution is 14.1. The number of nitrogens with two attached hydrogens (primary N) is 1. The minimum Gasteiger partial charge on any atom is -0.324 e. The molecule has 8 unspecified atom stereocenters. The standard InChI is InChI=1S/C42H74I3N/c1-8-37(5)26-27-41(37,38(6,23-15-29-44)31(2)32-16-11-17-32)42(25-10-9-24-40(42,46)30-45)39(7)22-13-20-35(39)34(21-14-28-43)36(3,4)33-18-12-19-33/h31-35H,8-30,46H2,1-7H3/t31-,34?,35?,37?,38?,39?,40?,41?,42?/m1/s1. The zero-order valence-electron chi connectivity index (χ0n) is 31.4. The Morgan fingerprint density at radius 3 is 1.93 bits per heavy atom. The topological polar surface area (TPSA) is 26.0 Å². The van der Waals surface area contributed by atoms with Crippen molar-refractivity contribution in [2.45, 2.75) is 182 Å². The van der Waals surface area contributed by atoms with Crippen molar-refractivity contribution in [1.29, 1.82) is 0 Å². The van der Waals surface area contributed by atoms with Crippen LogP contribution in [0.15, 0.2) is 0 Å². The maximum atomic E-state index is 8.38. The maximum Gasteiger partial charge on any atom is 0.0313 e. The molecule has 0 aromatic heterocycles. The summed E-state index contributed by atoms with van der Waals surface area (Å²) in [6.45, 7) is 19.5. The van der Waals surface area contributed by atoms with Crippen LogP contribution in [0.2, 0.25) is 0 Å². The van der Waals surface area contributed by atoms with Crippen molar-refractivity contribution in [3.8, 4) is 0 Å². The van der Waals surface area contributed by atoms with Gasteiger partial charge < -0.3 is 5.73 Å². The second kappa shape index (κ2) is 14.9. The fourth-order valence-corrected chi connectivity index (χ4v) is 16.7. The van der Waals surface area contributed by atoms with Crippen molar-refractivity contribution in [3.05, 3.63) is 0 Å².